The minimum absolute atomic E-state index is 0.132. The maximum absolute atomic E-state index is 13.2. The first-order valence-electron chi connectivity index (χ1n) is 11.7. The van der Waals surface area contributed by atoms with Gasteiger partial charge in [-0.25, -0.2) is 0 Å². The Morgan fingerprint density at radius 1 is 1.09 bits per heavy atom. The Kier molecular flexibility index (Phi) is 7.49. The van der Waals surface area contributed by atoms with E-state index in [1.807, 2.05) is 0 Å². The summed E-state index contributed by atoms with van der Waals surface area (Å²) in [6.07, 6.45) is 0.957. The van der Waals surface area contributed by atoms with E-state index >= 15 is 0 Å². The summed E-state index contributed by atoms with van der Waals surface area (Å²) in [6.45, 7) is 0.265. The summed E-state index contributed by atoms with van der Waals surface area (Å²) in [4.78, 5) is 66.9. The molecule has 1 aromatic carbocycles. The molecule has 0 bridgehead atoms. The fourth-order valence-corrected chi connectivity index (χ4v) is 4.57. The molecule has 12 nitrogen and oxygen atoms in total. The van der Waals surface area contributed by atoms with Crippen molar-refractivity contribution in [2.24, 2.45) is 0 Å². The van der Waals surface area contributed by atoms with Gasteiger partial charge < -0.3 is 35.6 Å². The molecule has 5 amide bonds. The molecule has 0 saturated carbocycles. The number of fused-ring (bicyclic) bond motifs is 2. The van der Waals surface area contributed by atoms with Crippen LogP contribution in [-0.2, 0) is 19.2 Å². The number of piperazine rings is 1. The highest BCUT2D eigenvalue weighted by atomic mass is 16.5. The van der Waals surface area contributed by atoms with E-state index in [4.69, 9.17) is 4.74 Å². The first kappa shape index (κ1) is 24.5. The van der Waals surface area contributed by atoms with Gasteiger partial charge in [0.2, 0.25) is 23.6 Å². The van der Waals surface area contributed by atoms with Gasteiger partial charge in [-0.1, -0.05) is 12.1 Å². The van der Waals surface area contributed by atoms with Crippen molar-refractivity contribution in [3.63, 3.8) is 0 Å². The van der Waals surface area contributed by atoms with Crippen LogP contribution >= 0.6 is 0 Å². The molecule has 2 saturated heterocycles. The van der Waals surface area contributed by atoms with Crippen molar-refractivity contribution in [2.75, 3.05) is 39.4 Å². The zero-order valence-electron chi connectivity index (χ0n) is 19.2. The Hall–Kier alpha value is -3.67. The van der Waals surface area contributed by atoms with Crippen LogP contribution in [0.2, 0.25) is 0 Å². The number of rotatable bonds is 2. The second kappa shape index (κ2) is 10.7. The molecule has 3 aliphatic heterocycles. The normalized spacial score (nSPS) is 25.9. The van der Waals surface area contributed by atoms with E-state index in [0.29, 0.717) is 13.0 Å². The Balaban J connectivity index is 1.64. The Morgan fingerprint density at radius 3 is 2.66 bits per heavy atom. The molecular formula is C23H29N5O7. The number of nitrogens with zero attached hydrogens (tertiary/aromatic N) is 2. The van der Waals surface area contributed by atoms with E-state index < -0.39 is 48.7 Å². The summed E-state index contributed by atoms with van der Waals surface area (Å²) in [5.41, 5.74) is 0.184. The lowest BCUT2D eigenvalue weighted by Crippen LogP contribution is -2.58. The van der Waals surface area contributed by atoms with Gasteiger partial charge in [-0.15, -0.1) is 0 Å². The van der Waals surface area contributed by atoms with E-state index in [2.05, 4.69) is 16.0 Å². The molecule has 188 valence electrons. The highest BCUT2D eigenvalue weighted by Gasteiger charge is 2.36. The van der Waals surface area contributed by atoms with E-state index in [-0.39, 0.29) is 49.5 Å². The molecule has 0 aliphatic carbocycles. The third kappa shape index (κ3) is 5.53. The van der Waals surface area contributed by atoms with Crippen molar-refractivity contribution in [3.8, 4) is 5.75 Å². The lowest BCUT2D eigenvalue weighted by molar-refractivity contribution is -0.142. The summed E-state index contributed by atoms with van der Waals surface area (Å²) in [7, 11) is 0. The number of hydrogen-bond acceptors (Lipinski definition) is 7. The molecule has 0 radical (unpaired) electrons. The third-order valence-electron chi connectivity index (χ3n) is 6.38. The maximum Gasteiger partial charge on any atom is 0.255 e. The van der Waals surface area contributed by atoms with Crippen LogP contribution in [0.5, 0.6) is 5.75 Å². The number of carbonyl (C=O) groups is 5. The predicted octanol–water partition coefficient (Wildman–Crippen LogP) is -2.01. The molecule has 1 aromatic rings. The van der Waals surface area contributed by atoms with Crippen LogP contribution in [0.1, 0.15) is 29.6 Å². The van der Waals surface area contributed by atoms with Crippen LogP contribution in [0.15, 0.2) is 24.3 Å². The van der Waals surface area contributed by atoms with Crippen LogP contribution < -0.4 is 20.7 Å². The quantitative estimate of drug-likeness (QED) is 0.376. The van der Waals surface area contributed by atoms with E-state index in [9.17, 15) is 29.1 Å². The van der Waals surface area contributed by atoms with Gasteiger partial charge in [0.15, 0.2) is 0 Å². The summed E-state index contributed by atoms with van der Waals surface area (Å²) in [6, 6.07) is 3.77. The average Bonchev–Trinajstić information content (AvgIpc) is 3.33. The topological polar surface area (TPSA) is 157 Å². The number of aliphatic hydroxyl groups excluding tert-OH is 1. The second-order valence-corrected chi connectivity index (χ2v) is 8.78. The molecule has 0 unspecified atom stereocenters. The van der Waals surface area contributed by atoms with Crippen LogP contribution in [0, 0.1) is 0 Å². The highest BCUT2D eigenvalue weighted by molar-refractivity contribution is 6.01. The van der Waals surface area contributed by atoms with Crippen molar-refractivity contribution in [1.82, 2.24) is 25.8 Å². The first-order valence-corrected chi connectivity index (χ1v) is 11.7. The number of carbonyl (C=O) groups excluding carboxylic acids is 5. The summed E-state index contributed by atoms with van der Waals surface area (Å²) in [5.74, 6) is -2.38. The summed E-state index contributed by atoms with van der Waals surface area (Å²) in [5, 5.41) is 17.5. The second-order valence-electron chi connectivity index (χ2n) is 8.78. The molecule has 3 atom stereocenters. The van der Waals surface area contributed by atoms with Crippen LogP contribution in [0.4, 0.5) is 0 Å². The third-order valence-corrected chi connectivity index (χ3v) is 6.38. The largest absolute Gasteiger partial charge is 0.491 e. The molecule has 35 heavy (non-hydrogen) atoms. The minimum Gasteiger partial charge on any atom is -0.491 e. The number of benzene rings is 1. The Labute approximate surface area is 202 Å². The van der Waals surface area contributed by atoms with Gasteiger partial charge in [0.05, 0.1) is 31.2 Å². The van der Waals surface area contributed by atoms with E-state index in [0.717, 1.165) is 6.42 Å². The molecule has 0 aromatic heterocycles. The van der Waals surface area contributed by atoms with Gasteiger partial charge in [-0.2, -0.15) is 0 Å². The van der Waals surface area contributed by atoms with Crippen molar-refractivity contribution >= 4 is 29.5 Å². The molecule has 2 fully saturated rings. The zero-order chi connectivity index (χ0) is 24.9. The lowest BCUT2D eigenvalue weighted by Gasteiger charge is -2.32. The molecule has 0 spiro atoms. The van der Waals surface area contributed by atoms with Gasteiger partial charge in [-0.05, 0) is 25.0 Å². The number of hydrogen-bond donors (Lipinski definition) is 4. The van der Waals surface area contributed by atoms with E-state index in [1.165, 1.54) is 4.90 Å². The molecule has 12 heteroatoms. The van der Waals surface area contributed by atoms with Crippen molar-refractivity contribution in [1.29, 1.82) is 0 Å². The molecular weight excluding hydrogens is 458 g/mol. The number of aliphatic hydroxyl groups is 1. The number of nitrogens with one attached hydrogen (secondary N) is 3. The Morgan fingerprint density at radius 2 is 1.89 bits per heavy atom. The van der Waals surface area contributed by atoms with E-state index in [1.54, 1.807) is 29.2 Å². The highest BCUT2D eigenvalue weighted by Crippen LogP contribution is 2.23. The van der Waals surface area contributed by atoms with Crippen LogP contribution in [0.25, 0.3) is 0 Å². The molecule has 4 N–H and O–H groups in total. The van der Waals surface area contributed by atoms with Gasteiger partial charge in [0.25, 0.3) is 5.91 Å². The maximum atomic E-state index is 13.2. The summed E-state index contributed by atoms with van der Waals surface area (Å²) >= 11 is 0. The van der Waals surface area contributed by atoms with Gasteiger partial charge in [-0.3, -0.25) is 24.0 Å². The predicted molar refractivity (Wildman–Crippen MR) is 121 cm³/mol. The molecule has 3 aliphatic rings. The fraction of sp³-hybridized carbons (Fsp3) is 0.522. The first-order chi connectivity index (χ1) is 16.9. The van der Waals surface area contributed by atoms with Crippen molar-refractivity contribution in [2.45, 2.75) is 37.4 Å². The van der Waals surface area contributed by atoms with Crippen LogP contribution in [0.3, 0.4) is 0 Å². The van der Waals surface area contributed by atoms with Crippen molar-refractivity contribution in [3.05, 3.63) is 29.8 Å². The summed E-state index contributed by atoms with van der Waals surface area (Å²) < 4.78 is 5.93. The smallest absolute Gasteiger partial charge is 0.255 e. The van der Waals surface area contributed by atoms with Gasteiger partial charge in [0.1, 0.15) is 24.4 Å². The van der Waals surface area contributed by atoms with Crippen molar-refractivity contribution < 1.29 is 33.8 Å². The van der Waals surface area contributed by atoms with Gasteiger partial charge in [0, 0.05) is 19.6 Å². The SMILES string of the molecule is O=C1CN(C(=O)[C@@H]2CC(=O)N[C@@H](CO)C(=O)N3CCC[C@@H]3COc3ccccc3C(=O)N2)CCN1. The monoisotopic (exact) mass is 487 g/mol. The fourth-order valence-electron chi connectivity index (χ4n) is 4.57. The minimum atomic E-state index is -1.29. The lowest BCUT2D eigenvalue weighted by atomic mass is 10.1. The number of amides is 5. The van der Waals surface area contributed by atoms with Gasteiger partial charge >= 0.3 is 0 Å². The number of ether oxygens (including phenoxy) is 1. The van der Waals surface area contributed by atoms with Crippen LogP contribution in [-0.4, -0.2) is 102 Å². The molecule has 3 heterocycles. The zero-order valence-corrected chi connectivity index (χ0v) is 19.2. The molecule has 4 rings (SSSR count). The number of para-hydroxylation sites is 1. The standard InChI is InChI=1S/C23H29N5O7/c29-12-17-23(34)28-8-3-4-14(28)13-35-18-6-2-1-5-15(18)21(32)26-16(10-19(30)25-17)22(33)27-9-7-24-20(31)11-27/h1-2,5-6,14,16-17,29H,3-4,7-13H2,(H,24,31)(H,25,30)(H,26,32)/t14-,16+,17+/m1/s1. The average molecular weight is 488 g/mol. The Bertz CT molecular complexity index is 1020.